The summed E-state index contributed by atoms with van der Waals surface area (Å²) in [5.74, 6) is 0.498. The molecule has 0 atom stereocenters. The number of rotatable bonds is 4. The van der Waals surface area contributed by atoms with Crippen molar-refractivity contribution < 1.29 is 9.13 Å². The van der Waals surface area contributed by atoms with E-state index in [0.29, 0.717) is 23.1 Å². The van der Waals surface area contributed by atoms with E-state index in [1.54, 1.807) is 24.3 Å². The molecule has 2 aromatic rings. The zero-order chi connectivity index (χ0) is 14.7. The highest BCUT2D eigenvalue weighted by Gasteiger charge is 2.08. The van der Waals surface area contributed by atoms with Gasteiger partial charge in [0.25, 0.3) is 0 Å². The van der Waals surface area contributed by atoms with E-state index >= 15 is 0 Å². The van der Waals surface area contributed by atoms with Gasteiger partial charge in [-0.1, -0.05) is 6.07 Å². The van der Waals surface area contributed by atoms with E-state index in [0.717, 1.165) is 5.56 Å². The number of ether oxygens (including phenoxy) is 1. The average Bonchev–Trinajstić information content (AvgIpc) is 2.37. The normalized spacial score (nSPS) is 10.7. The molecule has 4 nitrogen and oxygen atoms in total. The molecule has 5 heteroatoms. The van der Waals surface area contributed by atoms with Gasteiger partial charge in [-0.2, -0.15) is 4.98 Å². The molecule has 0 unspecified atom stereocenters. The Bertz CT molecular complexity index is 614. The Balaban J connectivity index is 2.27. The number of aryl methyl sites for hydroxylation is 1. The third kappa shape index (κ3) is 3.38. The molecule has 0 spiro atoms. The van der Waals surface area contributed by atoms with E-state index in [1.807, 2.05) is 20.8 Å². The predicted octanol–water partition coefficient (Wildman–Crippen LogP) is 3.64. The number of nitrogens with one attached hydrogen (secondary N) is 1. The SMILES string of the molecule is Cc1ccc(F)c(Nc2ccc(N)c(OC(C)C)n2)c1. The number of aromatic nitrogens is 1. The minimum absolute atomic E-state index is 0.0317. The van der Waals surface area contributed by atoms with Crippen LogP contribution in [-0.4, -0.2) is 11.1 Å². The van der Waals surface area contributed by atoms with Gasteiger partial charge in [0.2, 0.25) is 5.88 Å². The first kappa shape index (κ1) is 14.1. The second-order valence-electron chi connectivity index (χ2n) is 4.87. The van der Waals surface area contributed by atoms with Crippen LogP contribution in [0.1, 0.15) is 19.4 Å². The van der Waals surface area contributed by atoms with Crippen molar-refractivity contribution in [3.8, 4) is 5.88 Å². The van der Waals surface area contributed by atoms with Gasteiger partial charge in [-0.25, -0.2) is 4.39 Å². The third-order valence-electron chi connectivity index (χ3n) is 2.62. The van der Waals surface area contributed by atoms with Crippen LogP contribution in [0.2, 0.25) is 0 Å². The van der Waals surface area contributed by atoms with Crippen LogP contribution in [0.15, 0.2) is 30.3 Å². The molecule has 0 radical (unpaired) electrons. The lowest BCUT2D eigenvalue weighted by atomic mass is 10.2. The molecule has 1 heterocycles. The molecule has 2 rings (SSSR count). The van der Waals surface area contributed by atoms with Gasteiger partial charge in [-0.15, -0.1) is 0 Å². The molecular formula is C15H18FN3O. The molecule has 106 valence electrons. The largest absolute Gasteiger partial charge is 0.473 e. The first-order valence-corrected chi connectivity index (χ1v) is 6.42. The Hall–Kier alpha value is -2.30. The zero-order valence-electron chi connectivity index (χ0n) is 11.8. The minimum atomic E-state index is -0.333. The summed E-state index contributed by atoms with van der Waals surface area (Å²) in [6, 6.07) is 8.21. The van der Waals surface area contributed by atoms with Gasteiger partial charge in [0, 0.05) is 0 Å². The van der Waals surface area contributed by atoms with Gasteiger partial charge in [-0.3, -0.25) is 0 Å². The second-order valence-corrected chi connectivity index (χ2v) is 4.87. The van der Waals surface area contributed by atoms with Gasteiger partial charge in [-0.05, 0) is 50.6 Å². The van der Waals surface area contributed by atoms with E-state index < -0.39 is 0 Å². The second kappa shape index (κ2) is 5.77. The monoisotopic (exact) mass is 275 g/mol. The number of nitrogens with two attached hydrogens (primary N) is 1. The number of pyridine rings is 1. The predicted molar refractivity (Wildman–Crippen MR) is 78.8 cm³/mol. The minimum Gasteiger partial charge on any atom is -0.473 e. The van der Waals surface area contributed by atoms with E-state index in [9.17, 15) is 4.39 Å². The number of benzene rings is 1. The Morgan fingerprint density at radius 3 is 2.70 bits per heavy atom. The first-order chi connectivity index (χ1) is 9.45. The smallest absolute Gasteiger partial charge is 0.239 e. The van der Waals surface area contributed by atoms with Crippen LogP contribution in [0.5, 0.6) is 5.88 Å². The Morgan fingerprint density at radius 1 is 1.25 bits per heavy atom. The number of hydrogen-bond donors (Lipinski definition) is 2. The van der Waals surface area contributed by atoms with Gasteiger partial charge in [0.05, 0.1) is 17.5 Å². The van der Waals surface area contributed by atoms with Crippen molar-refractivity contribution in [2.24, 2.45) is 0 Å². The van der Waals surface area contributed by atoms with Crippen molar-refractivity contribution in [3.63, 3.8) is 0 Å². The summed E-state index contributed by atoms with van der Waals surface area (Å²) in [6.07, 6.45) is -0.0317. The fraction of sp³-hybridized carbons (Fsp3) is 0.267. The van der Waals surface area contributed by atoms with Gasteiger partial charge in [0.15, 0.2) is 0 Å². The average molecular weight is 275 g/mol. The fourth-order valence-corrected chi connectivity index (χ4v) is 1.71. The van der Waals surface area contributed by atoms with Crippen LogP contribution >= 0.6 is 0 Å². The zero-order valence-corrected chi connectivity index (χ0v) is 11.8. The van der Waals surface area contributed by atoms with Crippen molar-refractivity contribution in [1.82, 2.24) is 4.98 Å². The molecule has 1 aromatic carbocycles. The van der Waals surface area contributed by atoms with Crippen LogP contribution in [0.3, 0.4) is 0 Å². The Labute approximate surface area is 117 Å². The summed E-state index contributed by atoms with van der Waals surface area (Å²) in [5.41, 5.74) is 7.58. The molecule has 0 saturated carbocycles. The summed E-state index contributed by atoms with van der Waals surface area (Å²) in [4.78, 5) is 4.25. The van der Waals surface area contributed by atoms with Crippen LogP contribution in [0, 0.1) is 12.7 Å². The molecule has 3 N–H and O–H groups in total. The summed E-state index contributed by atoms with van der Waals surface area (Å²) >= 11 is 0. The van der Waals surface area contributed by atoms with Crippen LogP contribution in [0.25, 0.3) is 0 Å². The summed E-state index contributed by atoms with van der Waals surface area (Å²) in [7, 11) is 0. The lowest BCUT2D eigenvalue weighted by Crippen LogP contribution is -2.09. The molecule has 0 aliphatic heterocycles. The number of hydrogen-bond acceptors (Lipinski definition) is 4. The van der Waals surface area contributed by atoms with Crippen molar-refractivity contribution in [2.75, 3.05) is 11.1 Å². The lowest BCUT2D eigenvalue weighted by molar-refractivity contribution is 0.234. The molecule has 0 saturated heterocycles. The maximum absolute atomic E-state index is 13.7. The van der Waals surface area contributed by atoms with E-state index in [2.05, 4.69) is 10.3 Å². The highest BCUT2D eigenvalue weighted by atomic mass is 19.1. The molecule has 20 heavy (non-hydrogen) atoms. The molecule has 0 aliphatic rings. The van der Waals surface area contributed by atoms with Gasteiger partial charge in [0.1, 0.15) is 11.6 Å². The quantitative estimate of drug-likeness (QED) is 0.894. The highest BCUT2D eigenvalue weighted by Crippen LogP contribution is 2.25. The Kier molecular flexibility index (Phi) is 4.08. The molecule has 0 fully saturated rings. The van der Waals surface area contributed by atoms with Gasteiger partial charge < -0.3 is 15.8 Å². The topological polar surface area (TPSA) is 60.2 Å². The van der Waals surface area contributed by atoms with Crippen molar-refractivity contribution in [3.05, 3.63) is 41.7 Å². The fourth-order valence-electron chi connectivity index (χ4n) is 1.71. The standard InChI is InChI=1S/C15H18FN3O/c1-9(2)20-15-12(17)6-7-14(19-15)18-13-8-10(3)4-5-11(13)16/h4-9H,17H2,1-3H3,(H,18,19). The maximum Gasteiger partial charge on any atom is 0.239 e. The summed E-state index contributed by atoms with van der Waals surface area (Å²) < 4.78 is 19.2. The molecule has 0 amide bonds. The van der Waals surface area contributed by atoms with E-state index in [1.165, 1.54) is 6.07 Å². The van der Waals surface area contributed by atoms with Crippen LogP contribution in [-0.2, 0) is 0 Å². The molecular weight excluding hydrogens is 257 g/mol. The van der Waals surface area contributed by atoms with Gasteiger partial charge >= 0.3 is 0 Å². The lowest BCUT2D eigenvalue weighted by Gasteiger charge is -2.13. The molecule has 0 aliphatic carbocycles. The summed E-state index contributed by atoms with van der Waals surface area (Å²) in [6.45, 7) is 5.68. The van der Waals surface area contributed by atoms with Crippen molar-refractivity contribution in [1.29, 1.82) is 0 Å². The van der Waals surface area contributed by atoms with Crippen LogP contribution in [0.4, 0.5) is 21.6 Å². The highest BCUT2D eigenvalue weighted by molar-refractivity contribution is 5.61. The maximum atomic E-state index is 13.7. The number of nitrogen functional groups attached to an aromatic ring is 1. The van der Waals surface area contributed by atoms with E-state index in [4.69, 9.17) is 10.5 Å². The first-order valence-electron chi connectivity index (χ1n) is 6.42. The van der Waals surface area contributed by atoms with Crippen molar-refractivity contribution >= 4 is 17.2 Å². The molecule has 0 bridgehead atoms. The van der Waals surface area contributed by atoms with Crippen molar-refractivity contribution in [2.45, 2.75) is 26.9 Å². The summed E-state index contributed by atoms with van der Waals surface area (Å²) in [5, 5.41) is 2.93. The number of nitrogens with zero attached hydrogens (tertiary/aromatic N) is 1. The third-order valence-corrected chi connectivity index (χ3v) is 2.62. The Morgan fingerprint density at radius 2 is 2.00 bits per heavy atom. The molecule has 1 aromatic heterocycles. The number of halogens is 1. The number of anilines is 3. The van der Waals surface area contributed by atoms with E-state index in [-0.39, 0.29) is 11.9 Å². The van der Waals surface area contributed by atoms with Crippen LogP contribution < -0.4 is 15.8 Å².